The number of hydrogen-bond donors (Lipinski definition) is 2. The molecular formula is C22H19NO5. The number of benzene rings is 2. The number of para-hydroxylation sites is 1. The van der Waals surface area contributed by atoms with Gasteiger partial charge in [-0.2, -0.15) is 0 Å². The number of ether oxygens (including phenoxy) is 1. The second kappa shape index (κ2) is 6.88. The van der Waals surface area contributed by atoms with Crippen LogP contribution in [0.25, 0.3) is 21.9 Å². The van der Waals surface area contributed by atoms with Crippen molar-refractivity contribution in [3.8, 4) is 5.75 Å². The molecule has 4 aromatic rings. The molecule has 0 aliphatic rings. The second-order valence-electron chi connectivity index (χ2n) is 6.79. The number of ketones is 1. The van der Waals surface area contributed by atoms with Crippen LogP contribution in [-0.4, -0.2) is 27.9 Å². The number of carbonyl (C=O) groups excluding carboxylic acids is 2. The monoisotopic (exact) mass is 377 g/mol. The second-order valence-corrected chi connectivity index (χ2v) is 6.79. The van der Waals surface area contributed by atoms with Gasteiger partial charge in [-0.25, -0.2) is 0 Å². The number of Topliss-reactive ketones (excluding diaryl/α,β-unsaturated/α-hetero) is 1. The Balaban J connectivity index is 1.50. The molecule has 0 fully saturated rings. The van der Waals surface area contributed by atoms with Crippen molar-refractivity contribution in [3.05, 3.63) is 65.5 Å². The molecule has 0 spiro atoms. The van der Waals surface area contributed by atoms with E-state index < -0.39 is 12.1 Å². The van der Waals surface area contributed by atoms with Crippen LogP contribution in [0.4, 0.5) is 0 Å². The Kier molecular flexibility index (Phi) is 4.39. The number of hydrogen-bond acceptors (Lipinski definition) is 5. The number of H-pyrrole nitrogens is 1. The molecule has 2 N–H and O–H groups in total. The zero-order chi connectivity index (χ0) is 19.8. The number of nitrogens with one attached hydrogen (secondary N) is 1. The number of phenols is 1. The van der Waals surface area contributed by atoms with Crippen molar-refractivity contribution in [2.24, 2.45) is 0 Å². The molecule has 2 heterocycles. The summed E-state index contributed by atoms with van der Waals surface area (Å²) < 4.78 is 10.8. The topological polar surface area (TPSA) is 92.5 Å². The van der Waals surface area contributed by atoms with Gasteiger partial charge in [-0.3, -0.25) is 9.59 Å². The molecule has 4 rings (SSSR count). The van der Waals surface area contributed by atoms with Gasteiger partial charge in [0.15, 0.2) is 6.10 Å². The third-order valence-corrected chi connectivity index (χ3v) is 4.79. The van der Waals surface area contributed by atoms with E-state index in [0.29, 0.717) is 16.7 Å². The minimum atomic E-state index is -0.910. The van der Waals surface area contributed by atoms with Gasteiger partial charge in [-0.05, 0) is 32.0 Å². The van der Waals surface area contributed by atoms with Crippen molar-refractivity contribution < 1.29 is 23.8 Å². The summed E-state index contributed by atoms with van der Waals surface area (Å²) in [5, 5.41) is 11.0. The van der Waals surface area contributed by atoms with Crippen LogP contribution in [0.2, 0.25) is 0 Å². The van der Waals surface area contributed by atoms with Gasteiger partial charge in [0, 0.05) is 39.2 Å². The molecule has 6 nitrogen and oxygen atoms in total. The lowest BCUT2D eigenvalue weighted by Crippen LogP contribution is -2.25. The zero-order valence-electron chi connectivity index (χ0n) is 15.5. The lowest BCUT2D eigenvalue weighted by Gasteiger charge is -2.12. The highest BCUT2D eigenvalue weighted by Crippen LogP contribution is 2.26. The van der Waals surface area contributed by atoms with Crippen LogP contribution in [0.1, 0.15) is 28.5 Å². The Morgan fingerprint density at radius 1 is 1.18 bits per heavy atom. The van der Waals surface area contributed by atoms with E-state index in [4.69, 9.17) is 9.15 Å². The highest BCUT2D eigenvalue weighted by atomic mass is 16.5. The fourth-order valence-electron chi connectivity index (χ4n) is 3.45. The first kappa shape index (κ1) is 17.9. The van der Waals surface area contributed by atoms with Gasteiger partial charge in [-0.15, -0.1) is 0 Å². The average Bonchev–Trinajstić information content (AvgIpc) is 3.20. The number of furan rings is 1. The fraction of sp³-hybridized carbons (Fsp3) is 0.182. The third-order valence-electron chi connectivity index (χ3n) is 4.79. The number of esters is 1. The standard InChI is InChI=1S/C22H19NO5/c1-12-21(17-5-3-4-6-18(17)23-12)22(26)13(2)28-20(25)9-14-11-27-19-10-15(24)7-8-16(14)19/h3-8,10-11,13,23-24H,9H2,1-2H3/t13-/m1/s1. The Morgan fingerprint density at radius 3 is 2.79 bits per heavy atom. The lowest BCUT2D eigenvalue weighted by molar-refractivity contribution is -0.145. The van der Waals surface area contributed by atoms with Crippen molar-refractivity contribution in [3.63, 3.8) is 0 Å². The van der Waals surface area contributed by atoms with Crippen LogP contribution in [0, 0.1) is 6.92 Å². The molecule has 6 heteroatoms. The number of rotatable bonds is 5. The summed E-state index contributed by atoms with van der Waals surface area (Å²) in [5.74, 6) is -0.677. The van der Waals surface area contributed by atoms with Crippen LogP contribution in [0.3, 0.4) is 0 Å². The van der Waals surface area contributed by atoms with Gasteiger partial charge in [-0.1, -0.05) is 18.2 Å². The molecule has 0 aliphatic heterocycles. The Labute approximate surface area is 160 Å². The van der Waals surface area contributed by atoms with Crippen LogP contribution in [0.15, 0.2) is 53.1 Å². The maximum Gasteiger partial charge on any atom is 0.311 e. The smallest absolute Gasteiger partial charge is 0.311 e. The summed E-state index contributed by atoms with van der Waals surface area (Å²) in [6.45, 7) is 3.40. The number of carbonyl (C=O) groups is 2. The van der Waals surface area contributed by atoms with Gasteiger partial charge < -0.3 is 19.2 Å². The highest BCUT2D eigenvalue weighted by molar-refractivity contribution is 6.11. The summed E-state index contributed by atoms with van der Waals surface area (Å²) in [5.41, 5.74) is 3.29. The van der Waals surface area contributed by atoms with Crippen molar-refractivity contribution in [2.45, 2.75) is 26.4 Å². The van der Waals surface area contributed by atoms with Gasteiger partial charge in [0.25, 0.3) is 0 Å². The lowest BCUT2D eigenvalue weighted by atomic mass is 10.0. The van der Waals surface area contributed by atoms with E-state index in [1.54, 1.807) is 13.0 Å². The first-order valence-electron chi connectivity index (χ1n) is 8.94. The van der Waals surface area contributed by atoms with Crippen molar-refractivity contribution >= 4 is 33.6 Å². The predicted octanol–water partition coefficient (Wildman–Crippen LogP) is 4.29. The Morgan fingerprint density at radius 2 is 1.96 bits per heavy atom. The van der Waals surface area contributed by atoms with E-state index in [0.717, 1.165) is 22.0 Å². The first-order valence-corrected chi connectivity index (χ1v) is 8.94. The molecule has 0 radical (unpaired) electrons. The molecule has 0 saturated carbocycles. The average molecular weight is 377 g/mol. The van der Waals surface area contributed by atoms with E-state index in [-0.39, 0.29) is 18.0 Å². The summed E-state index contributed by atoms with van der Waals surface area (Å²) >= 11 is 0. The van der Waals surface area contributed by atoms with Crippen LogP contribution in [-0.2, 0) is 16.0 Å². The third kappa shape index (κ3) is 3.13. The van der Waals surface area contributed by atoms with E-state index in [1.165, 1.54) is 18.4 Å². The number of aromatic nitrogens is 1. The molecule has 0 bridgehead atoms. The minimum Gasteiger partial charge on any atom is -0.508 e. The van der Waals surface area contributed by atoms with E-state index in [2.05, 4.69) is 4.98 Å². The summed E-state index contributed by atoms with van der Waals surface area (Å²) in [7, 11) is 0. The van der Waals surface area contributed by atoms with Crippen LogP contribution >= 0.6 is 0 Å². The normalized spacial score (nSPS) is 12.4. The van der Waals surface area contributed by atoms with Crippen LogP contribution < -0.4 is 0 Å². The highest BCUT2D eigenvalue weighted by Gasteiger charge is 2.25. The number of phenolic OH excluding ortho intramolecular Hbond substituents is 1. The summed E-state index contributed by atoms with van der Waals surface area (Å²) in [6.07, 6.45) is 0.525. The zero-order valence-corrected chi connectivity index (χ0v) is 15.5. The molecular weight excluding hydrogens is 358 g/mol. The SMILES string of the molecule is Cc1[nH]c2ccccc2c1C(=O)[C@@H](C)OC(=O)Cc1coc2cc(O)ccc12. The molecule has 0 unspecified atom stereocenters. The molecule has 2 aromatic carbocycles. The molecule has 0 aliphatic carbocycles. The number of aromatic amines is 1. The maximum absolute atomic E-state index is 12.9. The number of aryl methyl sites for hydroxylation is 1. The van der Waals surface area contributed by atoms with Crippen molar-refractivity contribution in [1.82, 2.24) is 4.98 Å². The van der Waals surface area contributed by atoms with Crippen molar-refractivity contribution in [2.75, 3.05) is 0 Å². The van der Waals surface area contributed by atoms with Gasteiger partial charge in [0.2, 0.25) is 5.78 Å². The fourth-order valence-corrected chi connectivity index (χ4v) is 3.45. The molecule has 2 aromatic heterocycles. The summed E-state index contributed by atoms with van der Waals surface area (Å²) in [4.78, 5) is 28.4. The van der Waals surface area contributed by atoms with Gasteiger partial charge >= 0.3 is 5.97 Å². The quantitative estimate of drug-likeness (QED) is 0.400. The number of fused-ring (bicyclic) bond motifs is 2. The van der Waals surface area contributed by atoms with E-state index in [1.807, 2.05) is 31.2 Å². The predicted molar refractivity (Wildman–Crippen MR) is 105 cm³/mol. The van der Waals surface area contributed by atoms with Gasteiger partial charge in [0.1, 0.15) is 11.3 Å². The van der Waals surface area contributed by atoms with E-state index in [9.17, 15) is 14.7 Å². The number of aromatic hydroxyl groups is 1. The van der Waals surface area contributed by atoms with Crippen LogP contribution in [0.5, 0.6) is 5.75 Å². The van der Waals surface area contributed by atoms with E-state index >= 15 is 0 Å². The summed E-state index contributed by atoms with van der Waals surface area (Å²) in [6, 6.07) is 12.2. The molecule has 1 atom stereocenters. The van der Waals surface area contributed by atoms with Gasteiger partial charge in [0.05, 0.1) is 12.7 Å². The molecule has 0 amide bonds. The Bertz CT molecular complexity index is 1200. The molecule has 28 heavy (non-hydrogen) atoms. The van der Waals surface area contributed by atoms with Crippen molar-refractivity contribution in [1.29, 1.82) is 0 Å². The maximum atomic E-state index is 12.9. The molecule has 142 valence electrons. The minimum absolute atomic E-state index is 0.0255. The largest absolute Gasteiger partial charge is 0.508 e. The first-order chi connectivity index (χ1) is 13.4. The Hall–Kier alpha value is -3.54. The molecule has 0 saturated heterocycles.